The number of hydrogen-bond donors (Lipinski definition) is 3. The van der Waals surface area contributed by atoms with Gasteiger partial charge in [0.25, 0.3) is 0 Å². The smallest absolute Gasteiger partial charge is 0.137 e. The lowest BCUT2D eigenvalue weighted by Crippen LogP contribution is -2.41. The standard InChI is InChI=1S/C7H13IO5/c1-12-6-4(11)7(8)13-5(6)3(10)2-9/h3-7,9-11H,2H2,1H3/t3-,4+,5+,6?,7-/m1/s1. The van der Waals surface area contributed by atoms with Crippen LogP contribution in [0, 0.1) is 0 Å². The molecule has 0 saturated carbocycles. The first-order valence-corrected chi connectivity index (χ1v) is 5.15. The first-order chi connectivity index (χ1) is 6.11. The van der Waals surface area contributed by atoms with Crippen LogP contribution in [0.25, 0.3) is 0 Å². The van der Waals surface area contributed by atoms with Crippen LogP contribution in [0.2, 0.25) is 0 Å². The summed E-state index contributed by atoms with van der Waals surface area (Å²) >= 11 is 1.92. The van der Waals surface area contributed by atoms with Crippen molar-refractivity contribution < 1.29 is 24.8 Å². The van der Waals surface area contributed by atoms with E-state index in [2.05, 4.69) is 0 Å². The summed E-state index contributed by atoms with van der Waals surface area (Å²) in [5, 5.41) is 27.6. The van der Waals surface area contributed by atoms with Gasteiger partial charge in [0, 0.05) is 7.11 Å². The summed E-state index contributed by atoms with van der Waals surface area (Å²) in [6, 6.07) is 0. The minimum atomic E-state index is -1.01. The van der Waals surface area contributed by atoms with Gasteiger partial charge < -0.3 is 24.8 Å². The molecule has 0 aromatic rings. The summed E-state index contributed by atoms with van der Waals surface area (Å²) in [5.41, 5.74) is 0. The molecule has 0 aliphatic carbocycles. The van der Waals surface area contributed by atoms with E-state index in [9.17, 15) is 10.2 Å². The number of rotatable bonds is 3. The Morgan fingerprint density at radius 1 is 1.62 bits per heavy atom. The van der Waals surface area contributed by atoms with Crippen molar-refractivity contribution in [1.29, 1.82) is 0 Å². The fourth-order valence-corrected chi connectivity index (χ4v) is 2.09. The number of hydrogen-bond acceptors (Lipinski definition) is 5. The maximum absolute atomic E-state index is 9.52. The number of aliphatic hydroxyl groups excluding tert-OH is 3. The Labute approximate surface area is 89.8 Å². The SMILES string of the molecule is COC1[C@H]([C@H](O)CO)O[C@@H](I)[C@H]1O. The van der Waals surface area contributed by atoms with Gasteiger partial charge in [0.2, 0.25) is 0 Å². The Bertz CT molecular complexity index is 167. The molecule has 1 heterocycles. The van der Waals surface area contributed by atoms with Gasteiger partial charge >= 0.3 is 0 Å². The molecule has 0 spiro atoms. The molecule has 0 radical (unpaired) electrons. The van der Waals surface area contributed by atoms with Crippen LogP contribution in [0.5, 0.6) is 0 Å². The predicted molar refractivity (Wildman–Crippen MR) is 52.6 cm³/mol. The second kappa shape index (κ2) is 4.85. The predicted octanol–water partition coefficient (Wildman–Crippen LogP) is -1.12. The molecule has 13 heavy (non-hydrogen) atoms. The minimum Gasteiger partial charge on any atom is -0.394 e. The fourth-order valence-electron chi connectivity index (χ4n) is 1.34. The van der Waals surface area contributed by atoms with Gasteiger partial charge in [-0.2, -0.15) is 0 Å². The summed E-state index contributed by atoms with van der Waals surface area (Å²) in [6.07, 6.45) is -3.02. The van der Waals surface area contributed by atoms with Crippen molar-refractivity contribution in [3.63, 3.8) is 0 Å². The molecule has 0 amide bonds. The van der Waals surface area contributed by atoms with E-state index in [1.165, 1.54) is 7.11 Å². The highest BCUT2D eigenvalue weighted by Crippen LogP contribution is 2.29. The van der Waals surface area contributed by atoms with Crippen LogP contribution >= 0.6 is 22.6 Å². The van der Waals surface area contributed by atoms with Crippen LogP contribution in [-0.2, 0) is 9.47 Å². The van der Waals surface area contributed by atoms with E-state index < -0.39 is 35.1 Å². The first-order valence-electron chi connectivity index (χ1n) is 3.91. The summed E-state index contributed by atoms with van der Waals surface area (Å²) in [6.45, 7) is -0.402. The second-order valence-corrected chi connectivity index (χ2v) is 4.12. The third-order valence-corrected chi connectivity index (χ3v) is 3.08. The zero-order valence-electron chi connectivity index (χ0n) is 7.13. The van der Waals surface area contributed by atoms with Crippen molar-refractivity contribution in [1.82, 2.24) is 0 Å². The highest BCUT2D eigenvalue weighted by molar-refractivity contribution is 14.1. The van der Waals surface area contributed by atoms with Gasteiger partial charge in [0.05, 0.1) is 6.61 Å². The van der Waals surface area contributed by atoms with Crippen LogP contribution in [0.1, 0.15) is 0 Å². The van der Waals surface area contributed by atoms with Crippen LogP contribution in [-0.4, -0.2) is 57.6 Å². The van der Waals surface area contributed by atoms with E-state index >= 15 is 0 Å². The molecule has 0 aromatic heterocycles. The molecule has 1 unspecified atom stereocenters. The molecule has 3 N–H and O–H groups in total. The molecule has 1 rings (SSSR count). The van der Waals surface area contributed by atoms with E-state index in [1.807, 2.05) is 22.6 Å². The van der Waals surface area contributed by atoms with Crippen molar-refractivity contribution in [2.24, 2.45) is 0 Å². The first kappa shape index (κ1) is 11.6. The van der Waals surface area contributed by atoms with E-state index in [4.69, 9.17) is 14.6 Å². The van der Waals surface area contributed by atoms with Crippen molar-refractivity contribution in [3.05, 3.63) is 0 Å². The maximum atomic E-state index is 9.52. The monoisotopic (exact) mass is 304 g/mol. The van der Waals surface area contributed by atoms with Gasteiger partial charge in [0.1, 0.15) is 28.5 Å². The zero-order valence-corrected chi connectivity index (χ0v) is 9.29. The van der Waals surface area contributed by atoms with Crippen molar-refractivity contribution in [2.75, 3.05) is 13.7 Å². The number of halogens is 1. The van der Waals surface area contributed by atoms with Crippen LogP contribution in [0.3, 0.4) is 0 Å². The highest BCUT2D eigenvalue weighted by atomic mass is 127. The van der Waals surface area contributed by atoms with Gasteiger partial charge in [-0.1, -0.05) is 0 Å². The number of alkyl halides is 1. The molecule has 1 saturated heterocycles. The van der Waals surface area contributed by atoms with Crippen LogP contribution < -0.4 is 0 Å². The quantitative estimate of drug-likeness (QED) is 0.454. The molecule has 0 bridgehead atoms. The lowest BCUT2D eigenvalue weighted by atomic mass is 10.1. The second-order valence-electron chi connectivity index (χ2n) is 2.89. The Kier molecular flexibility index (Phi) is 4.33. The van der Waals surface area contributed by atoms with Gasteiger partial charge in [0.15, 0.2) is 0 Å². The number of aliphatic hydroxyl groups is 3. The Morgan fingerprint density at radius 3 is 2.69 bits per heavy atom. The average molecular weight is 304 g/mol. The summed E-state index contributed by atoms with van der Waals surface area (Å²) < 4.78 is 9.80. The number of ether oxygens (including phenoxy) is 2. The Morgan fingerprint density at radius 2 is 2.23 bits per heavy atom. The molecule has 78 valence electrons. The molecular weight excluding hydrogens is 291 g/mol. The lowest BCUT2D eigenvalue weighted by Gasteiger charge is -2.21. The molecule has 1 fully saturated rings. The van der Waals surface area contributed by atoms with Gasteiger partial charge in [-0.15, -0.1) is 0 Å². The van der Waals surface area contributed by atoms with Gasteiger partial charge in [-0.05, 0) is 22.6 Å². The van der Waals surface area contributed by atoms with Crippen molar-refractivity contribution >= 4 is 22.6 Å². The molecular formula is C7H13IO5. The maximum Gasteiger partial charge on any atom is 0.137 e. The summed E-state index contributed by atoms with van der Waals surface area (Å²) in [4.78, 5) is 0. The van der Waals surface area contributed by atoms with Crippen LogP contribution in [0.15, 0.2) is 0 Å². The topological polar surface area (TPSA) is 79.2 Å². The molecule has 1 aliphatic heterocycles. The Balaban J connectivity index is 2.64. The van der Waals surface area contributed by atoms with Gasteiger partial charge in [-0.25, -0.2) is 0 Å². The average Bonchev–Trinajstić information content (AvgIpc) is 2.42. The van der Waals surface area contributed by atoms with E-state index in [1.54, 1.807) is 0 Å². The van der Waals surface area contributed by atoms with Gasteiger partial charge in [-0.3, -0.25) is 0 Å². The Hall–Kier alpha value is 0.530. The molecule has 1 aliphatic rings. The van der Waals surface area contributed by atoms with Crippen LogP contribution in [0.4, 0.5) is 0 Å². The number of methoxy groups -OCH3 is 1. The third-order valence-electron chi connectivity index (χ3n) is 2.05. The van der Waals surface area contributed by atoms with Crippen molar-refractivity contribution in [3.8, 4) is 0 Å². The molecule has 0 aromatic carbocycles. The highest BCUT2D eigenvalue weighted by Gasteiger charge is 2.45. The van der Waals surface area contributed by atoms with E-state index in [0.29, 0.717) is 0 Å². The molecule has 5 atom stereocenters. The zero-order chi connectivity index (χ0) is 10.0. The fraction of sp³-hybridized carbons (Fsp3) is 1.00. The van der Waals surface area contributed by atoms with Crippen molar-refractivity contribution in [2.45, 2.75) is 28.5 Å². The summed E-state index contributed by atoms with van der Waals surface area (Å²) in [7, 11) is 1.43. The van der Waals surface area contributed by atoms with E-state index in [-0.39, 0.29) is 0 Å². The molecule has 5 nitrogen and oxygen atoms in total. The minimum absolute atomic E-state index is 0.402. The normalized spacial score (nSPS) is 42.2. The largest absolute Gasteiger partial charge is 0.394 e. The summed E-state index contributed by atoms with van der Waals surface area (Å²) in [5.74, 6) is 0. The third kappa shape index (κ3) is 2.31. The molecule has 6 heteroatoms. The lowest BCUT2D eigenvalue weighted by molar-refractivity contribution is -0.0819. The van der Waals surface area contributed by atoms with E-state index in [0.717, 1.165) is 0 Å².